The summed E-state index contributed by atoms with van der Waals surface area (Å²) in [5, 5.41) is 1.26. The zero-order chi connectivity index (χ0) is 6.97. The predicted octanol–water partition coefficient (Wildman–Crippen LogP) is -0.435. The summed E-state index contributed by atoms with van der Waals surface area (Å²) >= 11 is 0. The summed E-state index contributed by atoms with van der Waals surface area (Å²) in [6.07, 6.45) is 5.84. The molecule has 3 N–H and O–H groups in total. The maximum absolute atomic E-state index is 5.74. The zero-order valence-corrected chi connectivity index (χ0v) is 6.47. The smallest absolute Gasteiger partial charge is 0.0974 e. The number of rotatable bonds is 2. The second kappa shape index (κ2) is 2.51. The van der Waals surface area contributed by atoms with Crippen molar-refractivity contribution >= 4 is 0 Å². The number of hydrogen-bond acceptors (Lipinski definition) is 1. The Kier molecular flexibility index (Phi) is 1.66. The van der Waals surface area contributed by atoms with Crippen molar-refractivity contribution in [2.24, 2.45) is 17.7 Å². The normalized spacial score (nSPS) is 40.5. The third-order valence-electron chi connectivity index (χ3n) is 2.79. The van der Waals surface area contributed by atoms with Gasteiger partial charge in [0.05, 0.1) is 13.1 Å². The summed E-state index contributed by atoms with van der Waals surface area (Å²) in [6, 6.07) is 0. The van der Waals surface area contributed by atoms with Gasteiger partial charge in [-0.05, 0) is 12.3 Å². The molecule has 0 bridgehead atoms. The molecule has 58 valence electrons. The molecule has 1 aliphatic carbocycles. The molecule has 2 nitrogen and oxygen atoms in total. The molecular formula is C8H17N2+. The molecule has 2 heteroatoms. The van der Waals surface area contributed by atoms with Crippen molar-refractivity contribution in [1.29, 1.82) is 0 Å². The van der Waals surface area contributed by atoms with Crippen LogP contribution in [0.15, 0.2) is 0 Å². The minimum absolute atomic E-state index is 0.965. The molecule has 0 spiro atoms. The van der Waals surface area contributed by atoms with Crippen LogP contribution in [0.25, 0.3) is 0 Å². The predicted molar refractivity (Wildman–Crippen MR) is 40.3 cm³/mol. The highest BCUT2D eigenvalue weighted by atomic mass is 15.4. The monoisotopic (exact) mass is 141 g/mol. The third-order valence-corrected chi connectivity index (χ3v) is 2.79. The number of quaternary nitrogens is 1. The maximum Gasteiger partial charge on any atom is 0.0974 e. The lowest BCUT2D eigenvalue weighted by Gasteiger charge is -2.04. The van der Waals surface area contributed by atoms with Gasteiger partial charge in [-0.3, -0.25) is 5.01 Å². The molecule has 1 heterocycles. The average Bonchev–Trinajstić information content (AvgIpc) is 2.59. The van der Waals surface area contributed by atoms with E-state index in [1.165, 1.54) is 43.8 Å². The van der Waals surface area contributed by atoms with E-state index in [1.807, 2.05) is 0 Å². The molecule has 2 atom stereocenters. The Balaban J connectivity index is 1.72. The van der Waals surface area contributed by atoms with E-state index < -0.39 is 0 Å². The van der Waals surface area contributed by atoms with Gasteiger partial charge in [0.15, 0.2) is 0 Å². The molecular weight excluding hydrogens is 124 g/mol. The van der Waals surface area contributed by atoms with E-state index in [0.717, 1.165) is 11.8 Å². The van der Waals surface area contributed by atoms with Crippen molar-refractivity contribution in [3.05, 3.63) is 0 Å². The van der Waals surface area contributed by atoms with E-state index in [0.29, 0.717) is 0 Å². The van der Waals surface area contributed by atoms with Gasteiger partial charge >= 0.3 is 0 Å². The van der Waals surface area contributed by atoms with Gasteiger partial charge in [-0.1, -0.05) is 12.8 Å². The van der Waals surface area contributed by atoms with E-state index in [2.05, 4.69) is 0 Å². The van der Waals surface area contributed by atoms with Crippen molar-refractivity contribution in [2.45, 2.75) is 25.7 Å². The lowest BCUT2D eigenvalue weighted by atomic mass is 10.0. The van der Waals surface area contributed by atoms with E-state index in [4.69, 9.17) is 5.84 Å². The summed E-state index contributed by atoms with van der Waals surface area (Å²) in [5.41, 5.74) is 0. The summed E-state index contributed by atoms with van der Waals surface area (Å²) in [6.45, 7) is 2.44. The molecule has 2 aliphatic rings. The van der Waals surface area contributed by atoms with E-state index in [-0.39, 0.29) is 0 Å². The van der Waals surface area contributed by atoms with E-state index in [9.17, 15) is 0 Å². The highest BCUT2D eigenvalue weighted by Gasteiger charge is 2.30. The molecule has 0 amide bonds. The van der Waals surface area contributed by atoms with Crippen LogP contribution in [0.3, 0.4) is 0 Å². The molecule has 2 fully saturated rings. The van der Waals surface area contributed by atoms with Gasteiger partial charge in [0.2, 0.25) is 0 Å². The average molecular weight is 141 g/mol. The highest BCUT2D eigenvalue weighted by Crippen LogP contribution is 2.36. The quantitative estimate of drug-likeness (QED) is 0.502. The van der Waals surface area contributed by atoms with Crippen LogP contribution >= 0.6 is 0 Å². The molecule has 1 saturated carbocycles. The Labute approximate surface area is 62.4 Å². The SMILES string of the molecule is N[NH+]1CCC(CC2CC2)C1. The van der Waals surface area contributed by atoms with Crippen LogP contribution in [0.4, 0.5) is 0 Å². The van der Waals surface area contributed by atoms with Crippen molar-refractivity contribution < 1.29 is 5.01 Å². The molecule has 0 aromatic carbocycles. The first-order valence-electron chi connectivity index (χ1n) is 4.45. The van der Waals surface area contributed by atoms with Gasteiger partial charge in [-0.15, -0.1) is 0 Å². The summed E-state index contributed by atoms with van der Waals surface area (Å²) < 4.78 is 0. The minimum Gasteiger partial charge on any atom is -0.260 e. The highest BCUT2D eigenvalue weighted by molar-refractivity contribution is 4.77. The number of nitrogens with one attached hydrogen (secondary N) is 1. The Morgan fingerprint density at radius 2 is 2.00 bits per heavy atom. The molecule has 10 heavy (non-hydrogen) atoms. The summed E-state index contributed by atoms with van der Waals surface area (Å²) in [7, 11) is 0. The molecule has 0 radical (unpaired) electrons. The summed E-state index contributed by atoms with van der Waals surface area (Å²) in [5.74, 6) is 7.80. The molecule has 0 aromatic rings. The largest absolute Gasteiger partial charge is 0.260 e. The third kappa shape index (κ3) is 1.50. The molecule has 0 aromatic heterocycles. The van der Waals surface area contributed by atoms with Crippen LogP contribution in [0.5, 0.6) is 0 Å². The Morgan fingerprint density at radius 3 is 2.50 bits per heavy atom. The second-order valence-electron chi connectivity index (χ2n) is 3.95. The minimum atomic E-state index is 0.965. The van der Waals surface area contributed by atoms with Crippen molar-refractivity contribution in [1.82, 2.24) is 0 Å². The van der Waals surface area contributed by atoms with E-state index >= 15 is 0 Å². The van der Waals surface area contributed by atoms with Crippen LogP contribution in [0, 0.1) is 11.8 Å². The molecule has 1 aliphatic heterocycles. The van der Waals surface area contributed by atoms with Gasteiger partial charge in [0.1, 0.15) is 0 Å². The molecule has 2 rings (SSSR count). The van der Waals surface area contributed by atoms with Crippen molar-refractivity contribution in [2.75, 3.05) is 13.1 Å². The fraction of sp³-hybridized carbons (Fsp3) is 1.00. The Hall–Kier alpha value is -0.0800. The lowest BCUT2D eigenvalue weighted by molar-refractivity contribution is -0.901. The van der Waals surface area contributed by atoms with Gasteiger partial charge in [0.25, 0.3) is 0 Å². The first-order chi connectivity index (χ1) is 4.84. The van der Waals surface area contributed by atoms with Crippen molar-refractivity contribution in [3.8, 4) is 0 Å². The van der Waals surface area contributed by atoms with Crippen LogP contribution in [-0.4, -0.2) is 13.1 Å². The first-order valence-corrected chi connectivity index (χ1v) is 4.45. The van der Waals surface area contributed by atoms with Gasteiger partial charge in [0, 0.05) is 12.3 Å². The summed E-state index contributed by atoms with van der Waals surface area (Å²) in [4.78, 5) is 0. The fourth-order valence-electron chi connectivity index (χ4n) is 1.99. The number of hydrogen-bond donors (Lipinski definition) is 2. The number of nitrogens with two attached hydrogens (primary N) is 1. The van der Waals surface area contributed by atoms with Crippen molar-refractivity contribution in [3.63, 3.8) is 0 Å². The topological polar surface area (TPSA) is 30.5 Å². The Morgan fingerprint density at radius 1 is 1.20 bits per heavy atom. The van der Waals surface area contributed by atoms with Crippen LogP contribution < -0.4 is 10.9 Å². The fourth-order valence-corrected chi connectivity index (χ4v) is 1.99. The zero-order valence-electron chi connectivity index (χ0n) is 6.47. The van der Waals surface area contributed by atoms with Crippen LogP contribution in [0.1, 0.15) is 25.7 Å². The van der Waals surface area contributed by atoms with Gasteiger partial charge < -0.3 is 0 Å². The Bertz CT molecular complexity index is 120. The van der Waals surface area contributed by atoms with E-state index in [1.54, 1.807) is 0 Å². The van der Waals surface area contributed by atoms with Crippen LogP contribution in [0.2, 0.25) is 0 Å². The standard InChI is InChI=1S/C8H16N2/c9-10-4-3-8(6-10)5-7-1-2-7/h7-8H,1-6,9H2/p+1. The first kappa shape index (κ1) is 6.62. The second-order valence-corrected chi connectivity index (χ2v) is 3.95. The lowest BCUT2D eigenvalue weighted by Crippen LogP contribution is -3.16. The molecule has 1 saturated heterocycles. The molecule has 2 unspecified atom stereocenters. The van der Waals surface area contributed by atoms with Gasteiger partial charge in [-0.25, -0.2) is 0 Å². The van der Waals surface area contributed by atoms with Crippen LogP contribution in [-0.2, 0) is 0 Å². The maximum atomic E-state index is 5.74. The van der Waals surface area contributed by atoms with Gasteiger partial charge in [-0.2, -0.15) is 5.84 Å².